The molecule has 0 saturated heterocycles. The van der Waals surface area contributed by atoms with Gasteiger partial charge >= 0.3 is 0 Å². The highest BCUT2D eigenvalue weighted by Crippen LogP contribution is 2.52. The fourth-order valence-electron chi connectivity index (χ4n) is 7.67. The zero-order valence-corrected chi connectivity index (χ0v) is 27.3. The molecule has 0 amide bonds. The Bertz CT molecular complexity index is 2550. The summed E-state index contributed by atoms with van der Waals surface area (Å²) in [6.45, 7) is 4.51. The molecule has 3 nitrogen and oxygen atoms in total. The smallest absolute Gasteiger partial charge is 0.161 e. The van der Waals surface area contributed by atoms with Crippen molar-refractivity contribution in [2.45, 2.75) is 19.3 Å². The SMILES string of the molecule is CC1(C)c2cc(C#N)ccc2-c2c(-c3cccc(-c4cc(-c5cccc6ccccc56)nc(-c5cccc6ccccc56)n4)c3)cccc21. The van der Waals surface area contributed by atoms with Crippen molar-refractivity contribution in [1.29, 1.82) is 5.26 Å². The van der Waals surface area contributed by atoms with E-state index in [0.29, 0.717) is 11.4 Å². The Morgan fingerprint density at radius 2 is 1.10 bits per heavy atom. The maximum absolute atomic E-state index is 9.66. The van der Waals surface area contributed by atoms with Crippen LogP contribution in [0.3, 0.4) is 0 Å². The second kappa shape index (κ2) is 11.1. The van der Waals surface area contributed by atoms with E-state index in [1.54, 1.807) is 0 Å². The molecule has 3 heteroatoms. The van der Waals surface area contributed by atoms with Crippen LogP contribution < -0.4 is 0 Å². The summed E-state index contributed by atoms with van der Waals surface area (Å²) in [4.78, 5) is 10.5. The molecule has 0 radical (unpaired) electrons. The summed E-state index contributed by atoms with van der Waals surface area (Å²) in [5.41, 5.74) is 12.6. The van der Waals surface area contributed by atoms with Crippen molar-refractivity contribution in [3.63, 3.8) is 0 Å². The summed E-state index contributed by atoms with van der Waals surface area (Å²) in [6.07, 6.45) is 0. The third kappa shape index (κ3) is 4.65. The van der Waals surface area contributed by atoms with E-state index in [1.165, 1.54) is 33.2 Å². The summed E-state index contributed by atoms with van der Waals surface area (Å²) >= 11 is 0. The van der Waals surface area contributed by atoms with Gasteiger partial charge in [0.2, 0.25) is 0 Å². The molecule has 49 heavy (non-hydrogen) atoms. The first kappa shape index (κ1) is 28.8. The van der Waals surface area contributed by atoms with Crippen LogP contribution in [0.2, 0.25) is 0 Å². The van der Waals surface area contributed by atoms with E-state index in [1.807, 2.05) is 6.07 Å². The zero-order valence-electron chi connectivity index (χ0n) is 27.3. The summed E-state index contributed by atoms with van der Waals surface area (Å²) < 4.78 is 0. The number of nitriles is 1. The van der Waals surface area contributed by atoms with Gasteiger partial charge in [-0.25, -0.2) is 9.97 Å². The Morgan fingerprint density at radius 3 is 1.88 bits per heavy atom. The van der Waals surface area contributed by atoms with Gasteiger partial charge in [0, 0.05) is 22.1 Å². The van der Waals surface area contributed by atoms with Crippen LogP contribution in [-0.2, 0) is 5.41 Å². The molecule has 0 N–H and O–H groups in total. The van der Waals surface area contributed by atoms with Crippen molar-refractivity contribution in [1.82, 2.24) is 9.97 Å². The highest BCUT2D eigenvalue weighted by Gasteiger charge is 2.37. The maximum Gasteiger partial charge on any atom is 0.161 e. The predicted molar refractivity (Wildman–Crippen MR) is 201 cm³/mol. The van der Waals surface area contributed by atoms with E-state index < -0.39 is 0 Å². The van der Waals surface area contributed by atoms with Crippen LogP contribution in [0.5, 0.6) is 0 Å². The fraction of sp³-hybridized carbons (Fsp3) is 0.0652. The first-order valence-corrected chi connectivity index (χ1v) is 16.6. The lowest BCUT2D eigenvalue weighted by Gasteiger charge is -2.21. The molecule has 0 saturated carbocycles. The Hall–Kier alpha value is -6.37. The number of benzene rings is 7. The number of fused-ring (bicyclic) bond motifs is 5. The first-order valence-electron chi connectivity index (χ1n) is 16.6. The van der Waals surface area contributed by atoms with Gasteiger partial charge < -0.3 is 0 Å². The summed E-state index contributed by atoms with van der Waals surface area (Å²) in [6, 6.07) is 55.5. The monoisotopic (exact) mass is 625 g/mol. The van der Waals surface area contributed by atoms with Crippen LogP contribution in [0.25, 0.3) is 77.7 Å². The van der Waals surface area contributed by atoms with E-state index in [-0.39, 0.29) is 5.41 Å². The Balaban J connectivity index is 1.25. The highest BCUT2D eigenvalue weighted by atomic mass is 14.9. The minimum Gasteiger partial charge on any atom is -0.228 e. The molecule has 1 aliphatic carbocycles. The van der Waals surface area contributed by atoms with Crippen molar-refractivity contribution in [2.24, 2.45) is 0 Å². The van der Waals surface area contributed by atoms with Crippen molar-refractivity contribution >= 4 is 21.5 Å². The first-order chi connectivity index (χ1) is 24.0. The van der Waals surface area contributed by atoms with E-state index >= 15 is 0 Å². The number of hydrogen-bond donors (Lipinski definition) is 0. The van der Waals surface area contributed by atoms with Gasteiger partial charge in [-0.3, -0.25) is 0 Å². The standard InChI is InChI=1S/C46H31N3/c1-46(2)40-22-10-19-36(44(40)39-24-23-29(28-47)25-41(39)46)32-15-7-16-33(26-32)42-27-43(37-20-8-13-30-11-3-5-17-34(30)37)49-45(48-42)38-21-9-14-31-12-4-6-18-35(31)38/h3-27H,1-2H3. The van der Waals surface area contributed by atoms with Gasteiger partial charge in [-0.05, 0) is 79.2 Å². The predicted octanol–water partition coefficient (Wildman–Crippen LogP) is 11.6. The van der Waals surface area contributed by atoms with Gasteiger partial charge in [-0.1, -0.05) is 141 Å². The normalized spacial score (nSPS) is 12.8. The number of rotatable bonds is 4. The lowest BCUT2D eigenvalue weighted by atomic mass is 9.81. The van der Waals surface area contributed by atoms with E-state index in [2.05, 4.69) is 166 Å². The topological polar surface area (TPSA) is 49.6 Å². The van der Waals surface area contributed by atoms with Crippen LogP contribution in [0.15, 0.2) is 152 Å². The fourth-order valence-corrected chi connectivity index (χ4v) is 7.67. The molecule has 230 valence electrons. The van der Waals surface area contributed by atoms with Crippen LogP contribution in [-0.4, -0.2) is 9.97 Å². The minimum atomic E-state index is -0.210. The molecule has 1 heterocycles. The second-order valence-electron chi connectivity index (χ2n) is 13.3. The average Bonchev–Trinajstić information content (AvgIpc) is 3.39. The van der Waals surface area contributed by atoms with Crippen molar-refractivity contribution in [3.05, 3.63) is 168 Å². The Morgan fingerprint density at radius 1 is 0.490 bits per heavy atom. The van der Waals surface area contributed by atoms with E-state index in [9.17, 15) is 5.26 Å². The second-order valence-corrected chi connectivity index (χ2v) is 13.3. The molecule has 7 aromatic carbocycles. The molecule has 0 fully saturated rings. The molecule has 0 spiro atoms. The van der Waals surface area contributed by atoms with Crippen LogP contribution in [0.4, 0.5) is 0 Å². The molecule has 0 unspecified atom stereocenters. The third-order valence-corrected chi connectivity index (χ3v) is 10.1. The van der Waals surface area contributed by atoms with Gasteiger partial charge in [0.1, 0.15) is 0 Å². The molecule has 1 aromatic heterocycles. The van der Waals surface area contributed by atoms with Crippen LogP contribution >= 0.6 is 0 Å². The molecule has 0 aliphatic heterocycles. The van der Waals surface area contributed by atoms with Crippen LogP contribution in [0.1, 0.15) is 30.5 Å². The summed E-state index contributed by atoms with van der Waals surface area (Å²) in [5, 5.41) is 14.3. The van der Waals surface area contributed by atoms with Gasteiger partial charge in [0.15, 0.2) is 5.82 Å². The average molecular weight is 626 g/mol. The molecule has 0 atom stereocenters. The zero-order chi connectivity index (χ0) is 33.1. The molecular formula is C46H31N3. The Kier molecular flexibility index (Phi) is 6.54. The summed E-state index contributed by atoms with van der Waals surface area (Å²) in [5.74, 6) is 0.701. The molecule has 1 aliphatic rings. The molecule has 8 aromatic rings. The molecule has 9 rings (SSSR count). The third-order valence-electron chi connectivity index (χ3n) is 10.1. The minimum absolute atomic E-state index is 0.210. The highest BCUT2D eigenvalue weighted by molar-refractivity contribution is 5.99. The van der Waals surface area contributed by atoms with Crippen molar-refractivity contribution in [3.8, 4) is 62.2 Å². The van der Waals surface area contributed by atoms with Gasteiger partial charge in [0.25, 0.3) is 0 Å². The van der Waals surface area contributed by atoms with Gasteiger partial charge in [-0.15, -0.1) is 0 Å². The lowest BCUT2D eigenvalue weighted by molar-refractivity contribution is 0.660. The summed E-state index contributed by atoms with van der Waals surface area (Å²) in [7, 11) is 0. The molecular weight excluding hydrogens is 595 g/mol. The van der Waals surface area contributed by atoms with Crippen molar-refractivity contribution in [2.75, 3.05) is 0 Å². The number of nitrogens with zero attached hydrogens (tertiary/aromatic N) is 3. The van der Waals surface area contributed by atoms with Crippen LogP contribution in [0, 0.1) is 11.3 Å². The van der Waals surface area contributed by atoms with Crippen molar-refractivity contribution < 1.29 is 0 Å². The largest absolute Gasteiger partial charge is 0.228 e. The number of hydrogen-bond acceptors (Lipinski definition) is 3. The lowest BCUT2D eigenvalue weighted by Crippen LogP contribution is -2.15. The quantitative estimate of drug-likeness (QED) is 0.195. The maximum atomic E-state index is 9.66. The Labute approximate surface area is 285 Å². The van der Waals surface area contributed by atoms with E-state index in [4.69, 9.17) is 9.97 Å². The van der Waals surface area contributed by atoms with Gasteiger partial charge in [-0.2, -0.15) is 5.26 Å². The van der Waals surface area contributed by atoms with Gasteiger partial charge in [0.05, 0.1) is 23.0 Å². The number of aromatic nitrogens is 2. The van der Waals surface area contributed by atoms with E-state index in [0.717, 1.165) is 49.8 Å². The molecule has 0 bridgehead atoms.